The Balaban J connectivity index is 3.34. The van der Waals surface area contributed by atoms with E-state index in [9.17, 15) is 5.11 Å². The molecule has 4 heteroatoms. The van der Waals surface area contributed by atoms with E-state index in [1.807, 2.05) is 0 Å². The van der Waals surface area contributed by atoms with Gasteiger partial charge in [-0.1, -0.05) is 39.0 Å². The quantitative estimate of drug-likeness (QED) is 0.468. The van der Waals surface area contributed by atoms with Crippen molar-refractivity contribution in [1.82, 2.24) is 0 Å². The molecule has 0 aromatic rings. The van der Waals surface area contributed by atoms with Crippen LogP contribution in [0.25, 0.3) is 0 Å². The monoisotopic (exact) mass is 234 g/mol. The van der Waals surface area contributed by atoms with Crippen molar-refractivity contribution in [1.29, 1.82) is 0 Å². The lowest BCUT2D eigenvalue weighted by Gasteiger charge is -2.19. The molecule has 16 heavy (non-hydrogen) atoms. The van der Waals surface area contributed by atoms with Gasteiger partial charge in [0.15, 0.2) is 0 Å². The first-order chi connectivity index (χ1) is 7.76. The van der Waals surface area contributed by atoms with E-state index in [-0.39, 0.29) is 13.2 Å². The van der Waals surface area contributed by atoms with Gasteiger partial charge in [-0.2, -0.15) is 0 Å². The van der Waals surface area contributed by atoms with Crippen LogP contribution in [0, 0.1) is 0 Å². The van der Waals surface area contributed by atoms with Crippen LogP contribution in [0.1, 0.15) is 45.4 Å². The van der Waals surface area contributed by atoms with Crippen LogP contribution in [0.3, 0.4) is 0 Å². The molecular weight excluding hydrogens is 208 g/mol. The summed E-state index contributed by atoms with van der Waals surface area (Å²) in [6.45, 7) is 2.10. The molecule has 0 aliphatic rings. The summed E-state index contributed by atoms with van der Waals surface area (Å²) in [4.78, 5) is 0. The predicted octanol–water partition coefficient (Wildman–Crippen LogP) is 1.08. The first-order valence-corrected chi connectivity index (χ1v) is 6.27. The summed E-state index contributed by atoms with van der Waals surface area (Å²) in [5, 5.41) is 26.9. The van der Waals surface area contributed by atoms with Crippen molar-refractivity contribution in [2.24, 2.45) is 0 Å². The van der Waals surface area contributed by atoms with Gasteiger partial charge in [-0.3, -0.25) is 0 Å². The van der Waals surface area contributed by atoms with Gasteiger partial charge in [-0.05, 0) is 6.42 Å². The lowest BCUT2D eigenvalue weighted by Crippen LogP contribution is -2.35. The van der Waals surface area contributed by atoms with E-state index >= 15 is 0 Å². The molecule has 0 bridgehead atoms. The van der Waals surface area contributed by atoms with Gasteiger partial charge in [0, 0.05) is 6.61 Å². The highest BCUT2D eigenvalue weighted by molar-refractivity contribution is 4.66. The number of rotatable bonds is 11. The Morgan fingerprint density at radius 3 is 2.12 bits per heavy atom. The second-order valence-electron chi connectivity index (χ2n) is 4.11. The topological polar surface area (TPSA) is 69.9 Å². The second kappa shape index (κ2) is 11.3. The Kier molecular flexibility index (Phi) is 11.2. The third kappa shape index (κ3) is 8.05. The fourth-order valence-electron chi connectivity index (χ4n) is 1.52. The van der Waals surface area contributed by atoms with Gasteiger partial charge in [0.25, 0.3) is 0 Å². The van der Waals surface area contributed by atoms with Crippen LogP contribution in [0.15, 0.2) is 0 Å². The normalized spacial score (nSPS) is 15.0. The summed E-state index contributed by atoms with van der Waals surface area (Å²) in [6.07, 6.45) is 5.43. The van der Waals surface area contributed by atoms with Crippen molar-refractivity contribution in [2.75, 3.05) is 19.8 Å². The molecule has 0 radical (unpaired) electrons. The number of ether oxygens (including phenoxy) is 1. The number of aliphatic hydroxyl groups excluding tert-OH is 3. The first-order valence-electron chi connectivity index (χ1n) is 6.27. The summed E-state index contributed by atoms with van der Waals surface area (Å²) in [5.74, 6) is 0. The molecule has 0 aliphatic heterocycles. The lowest BCUT2D eigenvalue weighted by atomic mass is 10.1. The zero-order chi connectivity index (χ0) is 12.2. The van der Waals surface area contributed by atoms with Gasteiger partial charge >= 0.3 is 0 Å². The summed E-state index contributed by atoms with van der Waals surface area (Å²) in [5.41, 5.74) is 0. The van der Waals surface area contributed by atoms with Crippen molar-refractivity contribution in [3.05, 3.63) is 0 Å². The van der Waals surface area contributed by atoms with Crippen LogP contribution >= 0.6 is 0 Å². The van der Waals surface area contributed by atoms with Crippen LogP contribution in [0.4, 0.5) is 0 Å². The Hall–Kier alpha value is -0.160. The van der Waals surface area contributed by atoms with E-state index in [4.69, 9.17) is 14.9 Å². The molecule has 0 aliphatic carbocycles. The summed E-state index contributed by atoms with van der Waals surface area (Å²) < 4.78 is 5.29. The van der Waals surface area contributed by atoms with Gasteiger partial charge in [-0.15, -0.1) is 0 Å². The Morgan fingerprint density at radius 1 is 0.938 bits per heavy atom. The largest absolute Gasteiger partial charge is 0.394 e. The van der Waals surface area contributed by atoms with Gasteiger partial charge in [0.1, 0.15) is 12.2 Å². The Labute approximate surface area is 98.2 Å². The molecule has 4 nitrogen and oxygen atoms in total. The molecule has 3 N–H and O–H groups in total. The molecule has 0 saturated heterocycles. The third-order valence-electron chi connectivity index (χ3n) is 2.63. The number of unbranched alkanes of at least 4 members (excludes halogenated alkanes) is 5. The van der Waals surface area contributed by atoms with E-state index in [0.717, 1.165) is 12.8 Å². The van der Waals surface area contributed by atoms with Crippen LogP contribution in [0.5, 0.6) is 0 Å². The van der Waals surface area contributed by atoms with E-state index < -0.39 is 12.2 Å². The van der Waals surface area contributed by atoms with E-state index in [0.29, 0.717) is 6.61 Å². The maximum atomic E-state index is 9.26. The van der Waals surface area contributed by atoms with Crippen molar-refractivity contribution < 1.29 is 20.1 Å². The average molecular weight is 234 g/mol. The molecule has 0 heterocycles. The number of hydrogen-bond donors (Lipinski definition) is 3. The minimum Gasteiger partial charge on any atom is -0.394 e. The molecule has 0 fully saturated rings. The van der Waals surface area contributed by atoms with Gasteiger partial charge < -0.3 is 20.1 Å². The minimum absolute atomic E-state index is 0.252. The number of aliphatic hydroxyl groups is 3. The molecule has 0 saturated carbocycles. The fourth-order valence-corrected chi connectivity index (χ4v) is 1.52. The SMILES string of the molecule is CCCCCCCCO[C@H](CO)[C@H](O)CO. The molecule has 98 valence electrons. The van der Waals surface area contributed by atoms with Gasteiger partial charge in [0.05, 0.1) is 13.2 Å². The smallest absolute Gasteiger partial charge is 0.109 e. The number of hydrogen-bond acceptors (Lipinski definition) is 4. The maximum Gasteiger partial charge on any atom is 0.109 e. The highest BCUT2D eigenvalue weighted by Gasteiger charge is 2.17. The molecule has 0 aromatic heterocycles. The molecule has 2 atom stereocenters. The van der Waals surface area contributed by atoms with E-state index in [2.05, 4.69) is 6.92 Å². The predicted molar refractivity (Wildman–Crippen MR) is 63.3 cm³/mol. The molecule has 0 aromatic carbocycles. The van der Waals surface area contributed by atoms with Crippen molar-refractivity contribution >= 4 is 0 Å². The zero-order valence-corrected chi connectivity index (χ0v) is 10.3. The van der Waals surface area contributed by atoms with E-state index in [1.165, 1.54) is 25.7 Å². The zero-order valence-electron chi connectivity index (χ0n) is 10.3. The Morgan fingerprint density at radius 2 is 1.56 bits per heavy atom. The van der Waals surface area contributed by atoms with Crippen LogP contribution < -0.4 is 0 Å². The second-order valence-corrected chi connectivity index (χ2v) is 4.11. The third-order valence-corrected chi connectivity index (χ3v) is 2.63. The summed E-state index contributed by atoms with van der Waals surface area (Å²) in [6, 6.07) is 0. The van der Waals surface area contributed by atoms with Crippen molar-refractivity contribution in [3.8, 4) is 0 Å². The molecule has 0 rings (SSSR count). The summed E-state index contributed by atoms with van der Waals surface area (Å²) in [7, 11) is 0. The molecule has 0 unspecified atom stereocenters. The van der Waals surface area contributed by atoms with Crippen molar-refractivity contribution in [2.45, 2.75) is 57.7 Å². The van der Waals surface area contributed by atoms with Crippen molar-refractivity contribution in [3.63, 3.8) is 0 Å². The minimum atomic E-state index is -0.981. The molecule has 0 spiro atoms. The van der Waals surface area contributed by atoms with Gasteiger partial charge in [0.2, 0.25) is 0 Å². The standard InChI is InChI=1S/C12H26O4/c1-2-3-4-5-6-7-8-16-12(10-14)11(15)9-13/h11-15H,2-10H2,1H3/t11-,12-/m1/s1. The Bertz CT molecular complexity index is 141. The maximum absolute atomic E-state index is 9.26. The van der Waals surface area contributed by atoms with Crippen LogP contribution in [0.2, 0.25) is 0 Å². The highest BCUT2D eigenvalue weighted by Crippen LogP contribution is 2.06. The molecule has 0 amide bonds. The first kappa shape index (κ1) is 15.8. The van der Waals surface area contributed by atoms with Crippen LogP contribution in [-0.2, 0) is 4.74 Å². The lowest BCUT2D eigenvalue weighted by molar-refractivity contribution is -0.0802. The highest BCUT2D eigenvalue weighted by atomic mass is 16.5. The average Bonchev–Trinajstić information content (AvgIpc) is 2.32. The van der Waals surface area contributed by atoms with E-state index in [1.54, 1.807) is 0 Å². The molecular formula is C12H26O4. The summed E-state index contributed by atoms with van der Waals surface area (Å²) >= 11 is 0. The van der Waals surface area contributed by atoms with Crippen LogP contribution in [-0.4, -0.2) is 47.3 Å². The fraction of sp³-hybridized carbons (Fsp3) is 1.00. The van der Waals surface area contributed by atoms with Gasteiger partial charge in [-0.25, -0.2) is 0 Å².